The van der Waals surface area contributed by atoms with Crippen molar-refractivity contribution < 1.29 is 9.90 Å². The molecule has 0 spiro atoms. The fraction of sp³-hybridized carbons (Fsp3) is 0.533. The van der Waals surface area contributed by atoms with Crippen molar-refractivity contribution in [2.45, 2.75) is 33.3 Å². The summed E-state index contributed by atoms with van der Waals surface area (Å²) in [5.41, 5.74) is 2.78. The number of hydrogen-bond donors (Lipinski definition) is 2. The molecule has 4 nitrogen and oxygen atoms in total. The number of rotatable bonds is 6. The van der Waals surface area contributed by atoms with Gasteiger partial charge in [0.05, 0.1) is 6.10 Å². The first-order chi connectivity index (χ1) is 8.95. The zero-order valence-electron chi connectivity index (χ0n) is 12.2. The molecule has 0 radical (unpaired) electrons. The molecule has 0 aliphatic carbocycles. The number of hydrogen-bond acceptors (Lipinski definition) is 3. The summed E-state index contributed by atoms with van der Waals surface area (Å²) < 4.78 is 0. The Morgan fingerprint density at radius 1 is 1.47 bits per heavy atom. The quantitative estimate of drug-likeness (QED) is 0.828. The Morgan fingerprint density at radius 3 is 2.68 bits per heavy atom. The molecule has 1 amide bonds. The molecule has 1 atom stereocenters. The fourth-order valence-electron chi connectivity index (χ4n) is 1.95. The van der Waals surface area contributed by atoms with Crippen molar-refractivity contribution in [2.75, 3.05) is 25.5 Å². The van der Waals surface area contributed by atoms with Gasteiger partial charge in [-0.1, -0.05) is 6.92 Å². The SMILES string of the molecule is CCCNc1ccc(C(=O)N(C)CC(C)O)cc1C. The number of amides is 1. The molecule has 0 saturated carbocycles. The molecule has 1 aromatic rings. The predicted molar refractivity (Wildman–Crippen MR) is 78.6 cm³/mol. The van der Waals surface area contributed by atoms with E-state index < -0.39 is 6.10 Å². The van der Waals surface area contributed by atoms with Crippen LogP contribution in [0, 0.1) is 6.92 Å². The highest BCUT2D eigenvalue weighted by Crippen LogP contribution is 2.17. The van der Waals surface area contributed by atoms with Gasteiger partial charge in [-0.15, -0.1) is 0 Å². The third kappa shape index (κ3) is 4.56. The minimum Gasteiger partial charge on any atom is -0.392 e. The van der Waals surface area contributed by atoms with Crippen LogP contribution in [0.1, 0.15) is 36.2 Å². The van der Waals surface area contributed by atoms with E-state index >= 15 is 0 Å². The fourth-order valence-corrected chi connectivity index (χ4v) is 1.95. The largest absolute Gasteiger partial charge is 0.392 e. The molecule has 1 aromatic carbocycles. The van der Waals surface area contributed by atoms with Gasteiger partial charge >= 0.3 is 0 Å². The smallest absolute Gasteiger partial charge is 0.253 e. The van der Waals surface area contributed by atoms with Gasteiger partial charge in [-0.25, -0.2) is 0 Å². The van der Waals surface area contributed by atoms with Crippen LogP contribution in [0.25, 0.3) is 0 Å². The molecule has 0 bridgehead atoms. The second kappa shape index (κ2) is 7.14. The minimum absolute atomic E-state index is 0.0639. The number of aliphatic hydroxyl groups is 1. The Balaban J connectivity index is 2.79. The maximum Gasteiger partial charge on any atom is 0.253 e. The number of aryl methyl sites for hydroxylation is 1. The summed E-state index contributed by atoms with van der Waals surface area (Å²) in [6.07, 6.45) is 0.553. The highest BCUT2D eigenvalue weighted by atomic mass is 16.3. The third-order valence-corrected chi connectivity index (χ3v) is 2.92. The number of likely N-dealkylation sites (N-methyl/N-ethyl adjacent to an activating group) is 1. The van der Waals surface area contributed by atoms with Crippen LogP contribution in [-0.2, 0) is 0 Å². The summed E-state index contributed by atoms with van der Waals surface area (Å²) in [6.45, 7) is 7.05. The summed E-state index contributed by atoms with van der Waals surface area (Å²) in [7, 11) is 1.70. The van der Waals surface area contributed by atoms with Gasteiger partial charge in [0.1, 0.15) is 0 Å². The average molecular weight is 264 g/mol. The molecule has 0 saturated heterocycles. The maximum atomic E-state index is 12.2. The molecule has 4 heteroatoms. The second-order valence-electron chi connectivity index (χ2n) is 4.99. The molecule has 0 fully saturated rings. The predicted octanol–water partition coefficient (Wildman–Crippen LogP) is 2.27. The van der Waals surface area contributed by atoms with Gasteiger partial charge < -0.3 is 15.3 Å². The normalized spacial score (nSPS) is 12.1. The number of nitrogens with zero attached hydrogens (tertiary/aromatic N) is 1. The second-order valence-corrected chi connectivity index (χ2v) is 4.99. The van der Waals surface area contributed by atoms with E-state index in [4.69, 9.17) is 0 Å². The Labute approximate surface area is 115 Å². The first-order valence-electron chi connectivity index (χ1n) is 6.73. The molecular formula is C15H24N2O2. The summed E-state index contributed by atoms with van der Waals surface area (Å²) in [6, 6.07) is 5.65. The molecule has 2 N–H and O–H groups in total. The van der Waals surface area contributed by atoms with E-state index in [2.05, 4.69) is 12.2 Å². The maximum absolute atomic E-state index is 12.2. The van der Waals surface area contributed by atoms with Crippen molar-refractivity contribution in [3.05, 3.63) is 29.3 Å². The molecule has 0 heterocycles. The van der Waals surface area contributed by atoms with Crippen LogP contribution >= 0.6 is 0 Å². The van der Waals surface area contributed by atoms with Crippen molar-refractivity contribution in [1.82, 2.24) is 4.90 Å². The van der Waals surface area contributed by atoms with E-state index in [1.807, 2.05) is 25.1 Å². The summed E-state index contributed by atoms with van der Waals surface area (Å²) >= 11 is 0. The Hall–Kier alpha value is -1.55. The number of nitrogens with one attached hydrogen (secondary N) is 1. The van der Waals surface area contributed by atoms with Gasteiger partial charge in [0.2, 0.25) is 0 Å². The van der Waals surface area contributed by atoms with E-state index in [1.54, 1.807) is 18.9 Å². The van der Waals surface area contributed by atoms with E-state index in [9.17, 15) is 9.90 Å². The highest BCUT2D eigenvalue weighted by molar-refractivity contribution is 5.94. The van der Waals surface area contributed by atoms with Crippen molar-refractivity contribution in [3.63, 3.8) is 0 Å². The first kappa shape index (κ1) is 15.5. The minimum atomic E-state index is -0.513. The Bertz CT molecular complexity index is 430. The molecule has 1 rings (SSSR count). The summed E-state index contributed by atoms with van der Waals surface area (Å²) in [5.74, 6) is -0.0639. The van der Waals surface area contributed by atoms with Crippen LogP contribution < -0.4 is 5.32 Å². The lowest BCUT2D eigenvalue weighted by Gasteiger charge is -2.19. The lowest BCUT2D eigenvalue weighted by Crippen LogP contribution is -2.33. The zero-order chi connectivity index (χ0) is 14.4. The number of anilines is 1. The van der Waals surface area contributed by atoms with Crippen LogP contribution in [0.5, 0.6) is 0 Å². The van der Waals surface area contributed by atoms with Gasteiger partial charge in [0.25, 0.3) is 5.91 Å². The molecule has 19 heavy (non-hydrogen) atoms. The summed E-state index contributed by atoms with van der Waals surface area (Å²) in [4.78, 5) is 13.7. The van der Waals surface area contributed by atoms with E-state index in [0.29, 0.717) is 12.1 Å². The first-order valence-corrected chi connectivity index (χ1v) is 6.73. The van der Waals surface area contributed by atoms with Crippen LogP contribution in [0.15, 0.2) is 18.2 Å². The van der Waals surface area contributed by atoms with Gasteiger partial charge in [-0.05, 0) is 44.0 Å². The van der Waals surface area contributed by atoms with E-state index in [0.717, 1.165) is 24.2 Å². The number of aliphatic hydroxyl groups excluding tert-OH is 1. The molecule has 0 aromatic heterocycles. The van der Waals surface area contributed by atoms with Crippen LogP contribution in [0.3, 0.4) is 0 Å². The van der Waals surface area contributed by atoms with Crippen molar-refractivity contribution in [2.24, 2.45) is 0 Å². The van der Waals surface area contributed by atoms with Crippen LogP contribution in [0.4, 0.5) is 5.69 Å². The van der Waals surface area contributed by atoms with E-state index in [1.165, 1.54) is 0 Å². The zero-order valence-corrected chi connectivity index (χ0v) is 12.2. The average Bonchev–Trinajstić information content (AvgIpc) is 2.35. The number of carbonyl (C=O) groups is 1. The lowest BCUT2D eigenvalue weighted by atomic mass is 10.1. The number of benzene rings is 1. The topological polar surface area (TPSA) is 52.6 Å². The summed E-state index contributed by atoms with van der Waals surface area (Å²) in [5, 5.41) is 12.6. The van der Waals surface area contributed by atoms with Crippen molar-refractivity contribution >= 4 is 11.6 Å². The van der Waals surface area contributed by atoms with Gasteiger partial charge in [-0.3, -0.25) is 4.79 Å². The molecule has 1 unspecified atom stereocenters. The van der Waals surface area contributed by atoms with Crippen molar-refractivity contribution in [1.29, 1.82) is 0 Å². The Morgan fingerprint density at radius 2 is 2.16 bits per heavy atom. The molecule has 0 aliphatic heterocycles. The van der Waals surface area contributed by atoms with Crippen LogP contribution in [0.2, 0.25) is 0 Å². The van der Waals surface area contributed by atoms with Gasteiger partial charge in [0.15, 0.2) is 0 Å². The van der Waals surface area contributed by atoms with Gasteiger partial charge in [0, 0.05) is 31.4 Å². The van der Waals surface area contributed by atoms with Gasteiger partial charge in [-0.2, -0.15) is 0 Å². The highest BCUT2D eigenvalue weighted by Gasteiger charge is 2.14. The molecule has 0 aliphatic rings. The number of carbonyl (C=O) groups excluding carboxylic acids is 1. The molecule has 106 valence electrons. The Kier molecular flexibility index (Phi) is 5.83. The van der Waals surface area contributed by atoms with Crippen molar-refractivity contribution in [3.8, 4) is 0 Å². The van der Waals surface area contributed by atoms with Crippen LogP contribution in [-0.4, -0.2) is 42.2 Å². The molecular weight excluding hydrogens is 240 g/mol. The standard InChI is InChI=1S/C15H24N2O2/c1-5-8-16-14-7-6-13(9-11(14)2)15(19)17(4)10-12(3)18/h6-7,9,12,16,18H,5,8,10H2,1-4H3. The van der Waals surface area contributed by atoms with E-state index in [-0.39, 0.29) is 5.91 Å². The lowest BCUT2D eigenvalue weighted by molar-refractivity contribution is 0.0703. The third-order valence-electron chi connectivity index (χ3n) is 2.92. The monoisotopic (exact) mass is 264 g/mol.